The van der Waals surface area contributed by atoms with Crippen LogP contribution >= 0.6 is 22.6 Å². The van der Waals surface area contributed by atoms with Gasteiger partial charge in [0, 0.05) is 3.57 Å². The van der Waals surface area contributed by atoms with Gasteiger partial charge >= 0.3 is 5.97 Å². The summed E-state index contributed by atoms with van der Waals surface area (Å²) in [7, 11) is 1.29. The summed E-state index contributed by atoms with van der Waals surface area (Å²) >= 11 is 1.82. The van der Waals surface area contributed by atoms with E-state index in [1.54, 1.807) is 0 Å². The van der Waals surface area contributed by atoms with Crippen molar-refractivity contribution in [2.24, 2.45) is 0 Å². The number of ether oxygens (including phenoxy) is 1. The van der Waals surface area contributed by atoms with Crippen molar-refractivity contribution in [1.29, 1.82) is 0 Å². The normalized spacial score (nSPS) is 9.58. The summed E-state index contributed by atoms with van der Waals surface area (Å²) in [5, 5.41) is 0. The highest BCUT2D eigenvalue weighted by Crippen LogP contribution is 2.13. The molecule has 12 heavy (non-hydrogen) atoms. The maximum atomic E-state index is 12.7. The van der Waals surface area contributed by atoms with E-state index in [-0.39, 0.29) is 5.82 Å². The van der Waals surface area contributed by atoms with Crippen LogP contribution in [0.5, 0.6) is 0 Å². The first-order valence-electron chi connectivity index (χ1n) is 3.18. The van der Waals surface area contributed by atoms with E-state index in [0.29, 0.717) is 9.13 Å². The van der Waals surface area contributed by atoms with Gasteiger partial charge in [-0.25, -0.2) is 9.18 Å². The molecule has 0 atom stereocenters. The molecule has 0 aromatic heterocycles. The lowest BCUT2D eigenvalue weighted by atomic mass is 10.2. The molecule has 0 amide bonds. The highest BCUT2D eigenvalue weighted by Gasteiger charge is 2.07. The Morgan fingerprint density at radius 2 is 2.25 bits per heavy atom. The molecule has 1 rings (SSSR count). The molecule has 0 saturated heterocycles. The fourth-order valence-electron chi connectivity index (χ4n) is 0.741. The fraction of sp³-hybridized carbons (Fsp3) is 0.125. The van der Waals surface area contributed by atoms with Gasteiger partial charge in [0.2, 0.25) is 0 Å². The highest BCUT2D eigenvalue weighted by atomic mass is 127. The average Bonchev–Trinajstić information content (AvgIpc) is 2.08. The third-order valence-electron chi connectivity index (χ3n) is 1.34. The largest absolute Gasteiger partial charge is 0.465 e. The van der Waals surface area contributed by atoms with Crippen LogP contribution in [0.25, 0.3) is 0 Å². The van der Waals surface area contributed by atoms with E-state index in [0.717, 1.165) is 0 Å². The van der Waals surface area contributed by atoms with Crippen LogP contribution in [0.1, 0.15) is 10.4 Å². The number of rotatable bonds is 1. The number of carbonyl (C=O) groups is 1. The molecular weight excluding hydrogens is 274 g/mol. The van der Waals surface area contributed by atoms with Crippen molar-refractivity contribution < 1.29 is 13.9 Å². The van der Waals surface area contributed by atoms with Crippen molar-refractivity contribution in [3.63, 3.8) is 0 Å². The molecule has 0 aliphatic carbocycles. The third kappa shape index (κ3) is 1.94. The summed E-state index contributed by atoms with van der Waals surface area (Å²) < 4.78 is 17.6. The summed E-state index contributed by atoms with van der Waals surface area (Å²) in [6.07, 6.45) is 0. The molecule has 0 unspecified atom stereocenters. The van der Waals surface area contributed by atoms with Crippen molar-refractivity contribution in [3.8, 4) is 0 Å². The predicted molar refractivity (Wildman–Crippen MR) is 50.5 cm³/mol. The molecule has 0 saturated carbocycles. The van der Waals surface area contributed by atoms with E-state index in [1.807, 2.05) is 22.6 Å². The number of hydrogen-bond donors (Lipinski definition) is 0. The third-order valence-corrected chi connectivity index (χ3v) is 2.17. The lowest BCUT2D eigenvalue weighted by Crippen LogP contribution is -2.01. The molecule has 0 aliphatic heterocycles. The summed E-state index contributed by atoms with van der Waals surface area (Å²) in [5.41, 5.74) is 0.364. The minimum Gasteiger partial charge on any atom is -0.465 e. The quantitative estimate of drug-likeness (QED) is 0.582. The van der Waals surface area contributed by atoms with Gasteiger partial charge in [0.1, 0.15) is 5.82 Å². The fourth-order valence-corrected chi connectivity index (χ4v) is 1.26. The minimum atomic E-state index is -0.451. The van der Waals surface area contributed by atoms with Gasteiger partial charge in [0.15, 0.2) is 0 Å². The van der Waals surface area contributed by atoms with Gasteiger partial charge < -0.3 is 4.74 Å². The van der Waals surface area contributed by atoms with Crippen LogP contribution in [0.3, 0.4) is 0 Å². The zero-order chi connectivity index (χ0) is 9.14. The van der Waals surface area contributed by atoms with Crippen LogP contribution in [0.15, 0.2) is 18.2 Å². The van der Waals surface area contributed by atoms with Crippen molar-refractivity contribution in [3.05, 3.63) is 33.1 Å². The number of esters is 1. The van der Waals surface area contributed by atoms with Gasteiger partial charge in [0.25, 0.3) is 0 Å². The predicted octanol–water partition coefficient (Wildman–Crippen LogP) is 2.22. The van der Waals surface area contributed by atoms with Crippen LogP contribution in [0.4, 0.5) is 4.39 Å². The Morgan fingerprint density at radius 1 is 1.58 bits per heavy atom. The molecule has 0 heterocycles. The van der Waals surface area contributed by atoms with Gasteiger partial charge in [-0.3, -0.25) is 0 Å². The summed E-state index contributed by atoms with van der Waals surface area (Å²) in [6, 6.07) is 4.08. The lowest BCUT2D eigenvalue weighted by Gasteiger charge is -1.99. The number of benzene rings is 1. The number of methoxy groups -OCH3 is 1. The topological polar surface area (TPSA) is 26.3 Å². The SMILES string of the molecule is COC(=O)c1ccc(F)c(I)c1. The maximum Gasteiger partial charge on any atom is 0.337 e. The number of hydrogen-bond acceptors (Lipinski definition) is 2. The Bertz CT molecular complexity index is 312. The van der Waals surface area contributed by atoms with E-state index >= 15 is 0 Å². The molecule has 4 heteroatoms. The molecule has 0 spiro atoms. The van der Waals surface area contributed by atoms with E-state index < -0.39 is 5.97 Å². The molecule has 0 aliphatic rings. The van der Waals surface area contributed by atoms with Crippen molar-refractivity contribution in [2.45, 2.75) is 0 Å². The van der Waals surface area contributed by atoms with Gasteiger partial charge in [-0.05, 0) is 40.8 Å². The van der Waals surface area contributed by atoms with Crippen molar-refractivity contribution in [2.75, 3.05) is 7.11 Å². The molecular formula is C8H6FIO2. The molecule has 0 bridgehead atoms. The Morgan fingerprint density at radius 3 is 2.75 bits per heavy atom. The van der Waals surface area contributed by atoms with Gasteiger partial charge in [-0.1, -0.05) is 0 Å². The van der Waals surface area contributed by atoms with E-state index in [1.165, 1.54) is 25.3 Å². The Kier molecular flexibility index (Phi) is 3.02. The lowest BCUT2D eigenvalue weighted by molar-refractivity contribution is 0.0600. The molecule has 64 valence electrons. The zero-order valence-electron chi connectivity index (χ0n) is 6.30. The Balaban J connectivity index is 3.05. The Hall–Kier alpha value is -0.650. The smallest absolute Gasteiger partial charge is 0.337 e. The van der Waals surface area contributed by atoms with Crippen molar-refractivity contribution >= 4 is 28.6 Å². The second-order valence-electron chi connectivity index (χ2n) is 2.12. The molecule has 0 fully saturated rings. The average molecular weight is 280 g/mol. The molecule has 1 aromatic rings. The minimum absolute atomic E-state index is 0.330. The summed E-state index contributed by atoms with van der Waals surface area (Å²) in [5.74, 6) is -0.781. The van der Waals surface area contributed by atoms with Crippen LogP contribution in [0, 0.1) is 9.39 Å². The van der Waals surface area contributed by atoms with Crippen molar-refractivity contribution in [1.82, 2.24) is 0 Å². The first kappa shape index (κ1) is 9.44. The first-order valence-corrected chi connectivity index (χ1v) is 4.26. The van der Waals surface area contributed by atoms with Crippen LogP contribution in [-0.4, -0.2) is 13.1 Å². The Labute approximate surface area is 82.9 Å². The van der Waals surface area contributed by atoms with Gasteiger partial charge in [-0.2, -0.15) is 0 Å². The standard InChI is InChI=1S/C8H6FIO2/c1-12-8(11)5-2-3-6(9)7(10)4-5/h2-4H,1H3. The monoisotopic (exact) mass is 280 g/mol. The van der Waals surface area contributed by atoms with E-state index in [2.05, 4.69) is 4.74 Å². The summed E-state index contributed by atoms with van der Waals surface area (Å²) in [4.78, 5) is 10.9. The van der Waals surface area contributed by atoms with Crippen LogP contribution in [0.2, 0.25) is 0 Å². The maximum absolute atomic E-state index is 12.7. The second kappa shape index (κ2) is 3.84. The van der Waals surface area contributed by atoms with E-state index in [9.17, 15) is 9.18 Å². The van der Waals surface area contributed by atoms with E-state index in [4.69, 9.17) is 0 Å². The number of carbonyl (C=O) groups excluding carboxylic acids is 1. The molecule has 2 nitrogen and oxygen atoms in total. The molecule has 1 aromatic carbocycles. The molecule has 0 radical (unpaired) electrons. The van der Waals surface area contributed by atoms with Crippen LogP contribution < -0.4 is 0 Å². The van der Waals surface area contributed by atoms with Gasteiger partial charge in [0.05, 0.1) is 12.7 Å². The zero-order valence-corrected chi connectivity index (χ0v) is 8.46. The van der Waals surface area contributed by atoms with Crippen LogP contribution in [-0.2, 0) is 4.74 Å². The molecule has 0 N–H and O–H groups in total. The summed E-state index contributed by atoms with van der Waals surface area (Å²) in [6.45, 7) is 0. The van der Waals surface area contributed by atoms with Gasteiger partial charge in [-0.15, -0.1) is 0 Å². The second-order valence-corrected chi connectivity index (χ2v) is 3.28. The number of halogens is 2. The highest BCUT2D eigenvalue weighted by molar-refractivity contribution is 14.1. The first-order chi connectivity index (χ1) is 5.65.